The van der Waals surface area contributed by atoms with Crippen LogP contribution in [0.3, 0.4) is 0 Å². The van der Waals surface area contributed by atoms with Gasteiger partial charge < -0.3 is 28.7 Å². The lowest BCUT2D eigenvalue weighted by atomic mass is 10.0. The molecular formula is C33H61O8P. The quantitative estimate of drug-likeness (QED) is 0.0612. The van der Waals surface area contributed by atoms with Crippen LogP contribution in [0.4, 0.5) is 0 Å². The van der Waals surface area contributed by atoms with Crippen LogP contribution in [0.1, 0.15) is 122 Å². The molecule has 1 rings (SSSR count). The third-order valence-electron chi connectivity index (χ3n) is 7.20. The summed E-state index contributed by atoms with van der Waals surface area (Å²) in [6.07, 6.45) is 22.1. The van der Waals surface area contributed by atoms with Gasteiger partial charge in [0.1, 0.15) is 12.4 Å². The number of ether oxygens (including phenoxy) is 4. The van der Waals surface area contributed by atoms with Crippen molar-refractivity contribution in [3.8, 4) is 5.75 Å². The Labute approximate surface area is 256 Å². The number of phosphoric acid groups is 1. The first-order chi connectivity index (χ1) is 20.5. The summed E-state index contributed by atoms with van der Waals surface area (Å²) in [6.45, 7) is 4.98. The van der Waals surface area contributed by atoms with E-state index in [1.165, 1.54) is 89.9 Å². The Morgan fingerprint density at radius 3 is 1.50 bits per heavy atom. The van der Waals surface area contributed by atoms with E-state index in [1.54, 1.807) is 0 Å². The summed E-state index contributed by atoms with van der Waals surface area (Å²) in [5.41, 5.74) is 0. The van der Waals surface area contributed by atoms with Gasteiger partial charge in [-0.2, -0.15) is 0 Å². The highest BCUT2D eigenvalue weighted by Gasteiger charge is 2.22. The van der Waals surface area contributed by atoms with E-state index in [9.17, 15) is 14.4 Å². The van der Waals surface area contributed by atoms with Crippen molar-refractivity contribution >= 4 is 7.82 Å². The molecule has 0 bridgehead atoms. The average molecular weight is 617 g/mol. The Hall–Kier alpha value is -0.990. The molecule has 246 valence electrons. The molecule has 0 heterocycles. The molecule has 9 heteroatoms. The zero-order chi connectivity index (χ0) is 30.4. The fraction of sp³-hybridized carbons (Fsp3) is 0.818. The highest BCUT2D eigenvalue weighted by Crippen LogP contribution is 2.38. The van der Waals surface area contributed by atoms with Crippen molar-refractivity contribution in [2.24, 2.45) is 0 Å². The van der Waals surface area contributed by atoms with Gasteiger partial charge in [-0.3, -0.25) is 4.52 Å². The molecule has 0 aliphatic heterocycles. The van der Waals surface area contributed by atoms with Gasteiger partial charge in [0.25, 0.3) is 0 Å². The van der Waals surface area contributed by atoms with E-state index in [2.05, 4.69) is 6.92 Å². The molecule has 2 N–H and O–H groups in total. The smallest absolute Gasteiger partial charge is 0.469 e. The van der Waals surface area contributed by atoms with Crippen LogP contribution >= 0.6 is 7.82 Å². The maximum atomic E-state index is 11.4. The first kappa shape index (κ1) is 39.0. The van der Waals surface area contributed by atoms with Gasteiger partial charge in [0.05, 0.1) is 45.7 Å². The molecule has 0 saturated heterocycles. The second-order valence-corrected chi connectivity index (χ2v) is 12.3. The molecule has 0 fully saturated rings. The predicted octanol–water partition coefficient (Wildman–Crippen LogP) is 8.63. The monoisotopic (exact) mass is 616 g/mol. The number of phosphoric ester groups is 1. The van der Waals surface area contributed by atoms with Crippen molar-refractivity contribution in [2.75, 3.05) is 46.2 Å². The molecule has 0 saturated carbocycles. The molecule has 1 aromatic rings. The van der Waals surface area contributed by atoms with Crippen molar-refractivity contribution in [3.05, 3.63) is 30.3 Å². The minimum absolute atomic E-state index is 0.140. The van der Waals surface area contributed by atoms with Crippen LogP contribution in [0.5, 0.6) is 5.75 Å². The van der Waals surface area contributed by atoms with Crippen LogP contribution in [0.2, 0.25) is 0 Å². The number of rotatable bonds is 32. The summed E-state index contributed by atoms with van der Waals surface area (Å²) >= 11 is 0. The van der Waals surface area contributed by atoms with Gasteiger partial charge in [-0.25, -0.2) is 4.57 Å². The highest BCUT2D eigenvalue weighted by molar-refractivity contribution is 7.46. The lowest BCUT2D eigenvalue weighted by molar-refractivity contribution is -0.0136. The van der Waals surface area contributed by atoms with Crippen LogP contribution in [-0.2, 0) is 23.3 Å². The lowest BCUT2D eigenvalue weighted by Gasteiger charge is -2.18. The van der Waals surface area contributed by atoms with Gasteiger partial charge in [0.2, 0.25) is 0 Å². The Morgan fingerprint density at radius 1 is 0.595 bits per heavy atom. The van der Waals surface area contributed by atoms with E-state index < -0.39 is 13.9 Å². The Morgan fingerprint density at radius 2 is 1.02 bits per heavy atom. The van der Waals surface area contributed by atoms with Gasteiger partial charge in [-0.15, -0.1) is 0 Å². The fourth-order valence-electron chi connectivity index (χ4n) is 4.85. The van der Waals surface area contributed by atoms with Crippen LogP contribution in [0, 0.1) is 0 Å². The summed E-state index contributed by atoms with van der Waals surface area (Å²) in [4.78, 5) is 18.5. The number of benzene rings is 1. The molecule has 8 nitrogen and oxygen atoms in total. The van der Waals surface area contributed by atoms with Crippen molar-refractivity contribution in [3.63, 3.8) is 0 Å². The standard InChI is InChI=1S/C33H61O8P/c1-2-3-4-5-6-7-8-9-10-11-12-13-14-15-16-17-19-24-33(41-42(34,35)36)31-39-28-27-37-25-26-38-29-30-40-32-22-20-18-21-23-32/h18,20-23,33H,2-17,19,24-31H2,1H3,(H2,34,35,36). The third kappa shape index (κ3) is 27.8. The minimum Gasteiger partial charge on any atom is -0.491 e. The maximum absolute atomic E-state index is 11.4. The Bertz CT molecular complexity index is 730. The molecule has 0 amide bonds. The highest BCUT2D eigenvalue weighted by atomic mass is 31.2. The van der Waals surface area contributed by atoms with Crippen molar-refractivity contribution in [1.29, 1.82) is 0 Å². The number of unbranched alkanes of at least 4 members (excludes halogenated alkanes) is 16. The summed E-state index contributed by atoms with van der Waals surface area (Å²) in [6, 6.07) is 9.60. The second kappa shape index (κ2) is 28.8. The van der Waals surface area contributed by atoms with Gasteiger partial charge in [-0.1, -0.05) is 134 Å². The zero-order valence-corrected chi connectivity index (χ0v) is 27.3. The number of hydrogen-bond donors (Lipinski definition) is 2. The molecule has 0 radical (unpaired) electrons. The number of hydrogen-bond acceptors (Lipinski definition) is 6. The van der Waals surface area contributed by atoms with E-state index in [0.29, 0.717) is 46.1 Å². The van der Waals surface area contributed by atoms with E-state index in [-0.39, 0.29) is 6.61 Å². The van der Waals surface area contributed by atoms with Crippen LogP contribution in [-0.4, -0.2) is 62.1 Å². The summed E-state index contributed by atoms with van der Waals surface area (Å²) in [7, 11) is -4.55. The zero-order valence-electron chi connectivity index (χ0n) is 26.4. The summed E-state index contributed by atoms with van der Waals surface area (Å²) in [5.74, 6) is 0.820. The van der Waals surface area contributed by atoms with E-state index in [1.807, 2.05) is 30.3 Å². The van der Waals surface area contributed by atoms with Gasteiger partial charge in [0.15, 0.2) is 0 Å². The first-order valence-corrected chi connectivity index (χ1v) is 18.2. The van der Waals surface area contributed by atoms with Gasteiger partial charge in [0, 0.05) is 0 Å². The predicted molar refractivity (Wildman–Crippen MR) is 170 cm³/mol. The molecule has 1 unspecified atom stereocenters. The topological polar surface area (TPSA) is 104 Å². The average Bonchev–Trinajstić information content (AvgIpc) is 2.97. The Kier molecular flexibility index (Phi) is 26.7. The summed E-state index contributed by atoms with van der Waals surface area (Å²) in [5, 5.41) is 0. The molecule has 0 spiro atoms. The Balaban J connectivity index is 1.91. The van der Waals surface area contributed by atoms with E-state index in [0.717, 1.165) is 25.0 Å². The molecular weight excluding hydrogens is 555 g/mol. The van der Waals surface area contributed by atoms with Crippen molar-refractivity contribution in [1.82, 2.24) is 0 Å². The first-order valence-electron chi connectivity index (χ1n) is 16.7. The molecule has 0 aliphatic carbocycles. The van der Waals surface area contributed by atoms with E-state index in [4.69, 9.17) is 23.5 Å². The molecule has 1 aromatic carbocycles. The van der Waals surface area contributed by atoms with Crippen molar-refractivity contribution in [2.45, 2.75) is 129 Å². The molecule has 1 atom stereocenters. The lowest BCUT2D eigenvalue weighted by Crippen LogP contribution is -2.21. The fourth-order valence-corrected chi connectivity index (χ4v) is 5.40. The summed E-state index contributed by atoms with van der Waals surface area (Å²) < 4.78 is 38.4. The third-order valence-corrected chi connectivity index (χ3v) is 7.78. The van der Waals surface area contributed by atoms with Crippen LogP contribution < -0.4 is 4.74 Å². The molecule has 42 heavy (non-hydrogen) atoms. The second-order valence-electron chi connectivity index (χ2n) is 11.1. The SMILES string of the molecule is CCCCCCCCCCCCCCCCCCCC(COCCOCCOCCOc1ccccc1)OP(=O)(O)O. The minimum atomic E-state index is -4.55. The van der Waals surface area contributed by atoms with E-state index >= 15 is 0 Å². The van der Waals surface area contributed by atoms with Crippen LogP contribution in [0.15, 0.2) is 30.3 Å². The van der Waals surface area contributed by atoms with Gasteiger partial charge >= 0.3 is 7.82 Å². The largest absolute Gasteiger partial charge is 0.491 e. The van der Waals surface area contributed by atoms with Gasteiger partial charge in [-0.05, 0) is 18.6 Å². The normalized spacial score (nSPS) is 12.5. The van der Waals surface area contributed by atoms with Crippen LogP contribution in [0.25, 0.3) is 0 Å². The molecule has 0 aliphatic rings. The number of para-hydroxylation sites is 1. The van der Waals surface area contributed by atoms with Crippen molar-refractivity contribution < 1.29 is 37.8 Å². The molecule has 0 aromatic heterocycles. The maximum Gasteiger partial charge on any atom is 0.469 e.